The highest BCUT2D eigenvalue weighted by Crippen LogP contribution is 2.41. The number of carbonyl (C=O) groups is 1. The number of hydrogen-bond acceptors (Lipinski definition) is 4. The minimum Gasteiger partial charge on any atom is -0.377 e. The van der Waals surface area contributed by atoms with Gasteiger partial charge in [-0.05, 0) is 65.1 Å². The van der Waals surface area contributed by atoms with E-state index in [4.69, 9.17) is 4.74 Å². The van der Waals surface area contributed by atoms with Gasteiger partial charge in [-0.3, -0.25) is 9.48 Å². The summed E-state index contributed by atoms with van der Waals surface area (Å²) in [6.45, 7) is 5.86. The SMILES string of the molecule is CCn1nc(NC(=O)[C@H]2CCO[C@@H]2C2CCN(C)CC2)cc1C1CC1. The fourth-order valence-corrected chi connectivity index (χ4v) is 4.39. The molecule has 1 saturated carbocycles. The lowest BCUT2D eigenvalue weighted by molar-refractivity contribution is -0.122. The Bertz CT molecular complexity index is 617. The molecule has 1 N–H and O–H groups in total. The van der Waals surface area contributed by atoms with Gasteiger partial charge in [0.2, 0.25) is 5.91 Å². The van der Waals surface area contributed by atoms with Gasteiger partial charge in [-0.2, -0.15) is 5.10 Å². The summed E-state index contributed by atoms with van der Waals surface area (Å²) >= 11 is 0. The van der Waals surface area contributed by atoms with Gasteiger partial charge in [0, 0.05) is 30.8 Å². The van der Waals surface area contributed by atoms with Gasteiger partial charge in [0.1, 0.15) is 0 Å². The molecule has 3 fully saturated rings. The second-order valence-corrected chi connectivity index (χ2v) is 7.91. The molecular formula is C19H30N4O2. The molecule has 0 radical (unpaired) electrons. The summed E-state index contributed by atoms with van der Waals surface area (Å²) in [5.41, 5.74) is 1.27. The number of nitrogens with zero attached hydrogens (tertiary/aromatic N) is 3. The summed E-state index contributed by atoms with van der Waals surface area (Å²) in [6, 6.07) is 2.07. The largest absolute Gasteiger partial charge is 0.377 e. The Kier molecular flexibility index (Phi) is 4.82. The van der Waals surface area contributed by atoms with Crippen molar-refractivity contribution in [3.8, 4) is 0 Å². The van der Waals surface area contributed by atoms with Gasteiger partial charge in [-0.1, -0.05) is 0 Å². The Morgan fingerprint density at radius 2 is 2.04 bits per heavy atom. The maximum atomic E-state index is 12.9. The summed E-state index contributed by atoms with van der Waals surface area (Å²) in [6.07, 6.45) is 5.64. The van der Waals surface area contributed by atoms with E-state index in [2.05, 4.69) is 35.4 Å². The van der Waals surface area contributed by atoms with Crippen LogP contribution in [0.1, 0.15) is 50.6 Å². The van der Waals surface area contributed by atoms with Crippen molar-refractivity contribution < 1.29 is 9.53 Å². The van der Waals surface area contributed by atoms with Crippen molar-refractivity contribution in [1.82, 2.24) is 14.7 Å². The zero-order valence-corrected chi connectivity index (χ0v) is 15.4. The van der Waals surface area contributed by atoms with Gasteiger partial charge >= 0.3 is 0 Å². The zero-order valence-electron chi connectivity index (χ0n) is 15.4. The van der Waals surface area contributed by atoms with Gasteiger partial charge in [0.05, 0.1) is 12.0 Å². The van der Waals surface area contributed by atoms with E-state index in [-0.39, 0.29) is 17.9 Å². The fraction of sp³-hybridized carbons (Fsp3) is 0.789. The zero-order chi connectivity index (χ0) is 17.4. The second-order valence-electron chi connectivity index (χ2n) is 7.91. The third kappa shape index (κ3) is 3.60. The average molecular weight is 346 g/mol. The number of carbonyl (C=O) groups excluding carboxylic acids is 1. The lowest BCUT2D eigenvalue weighted by atomic mass is 9.84. The van der Waals surface area contributed by atoms with Crippen LogP contribution in [0.4, 0.5) is 5.82 Å². The van der Waals surface area contributed by atoms with Crippen LogP contribution in [0.25, 0.3) is 0 Å². The molecule has 1 aromatic heterocycles. The lowest BCUT2D eigenvalue weighted by Gasteiger charge is -2.34. The van der Waals surface area contributed by atoms with Crippen LogP contribution < -0.4 is 5.32 Å². The van der Waals surface area contributed by atoms with Crippen molar-refractivity contribution in [2.24, 2.45) is 11.8 Å². The maximum absolute atomic E-state index is 12.9. The highest BCUT2D eigenvalue weighted by Gasteiger charge is 2.40. The second kappa shape index (κ2) is 7.08. The van der Waals surface area contributed by atoms with Crippen molar-refractivity contribution >= 4 is 11.7 Å². The number of nitrogens with one attached hydrogen (secondary N) is 1. The first kappa shape index (κ1) is 17.0. The van der Waals surface area contributed by atoms with Gasteiger partial charge in [0.15, 0.2) is 5.82 Å². The smallest absolute Gasteiger partial charge is 0.231 e. The first-order chi connectivity index (χ1) is 12.2. The first-order valence-electron chi connectivity index (χ1n) is 9.84. The normalized spacial score (nSPS) is 28.4. The fourth-order valence-electron chi connectivity index (χ4n) is 4.39. The molecule has 0 spiro atoms. The van der Waals surface area contributed by atoms with Crippen LogP contribution in [0.15, 0.2) is 6.07 Å². The van der Waals surface area contributed by atoms with Crippen molar-refractivity contribution in [1.29, 1.82) is 0 Å². The molecule has 2 saturated heterocycles. The molecule has 6 heteroatoms. The number of rotatable bonds is 5. The minimum atomic E-state index is -0.0374. The van der Waals surface area contributed by atoms with Gasteiger partial charge in [-0.15, -0.1) is 0 Å². The number of ether oxygens (including phenoxy) is 1. The Balaban J connectivity index is 1.41. The predicted molar refractivity (Wildman–Crippen MR) is 96.6 cm³/mol. The summed E-state index contributed by atoms with van der Waals surface area (Å²) < 4.78 is 8.03. The van der Waals surface area contributed by atoms with Crippen LogP contribution in [0.2, 0.25) is 0 Å². The number of aromatic nitrogens is 2. The molecule has 3 heterocycles. The van der Waals surface area contributed by atoms with Crippen LogP contribution in [0, 0.1) is 11.8 Å². The lowest BCUT2D eigenvalue weighted by Crippen LogP contribution is -2.40. The highest BCUT2D eigenvalue weighted by molar-refractivity contribution is 5.92. The molecule has 2 atom stereocenters. The molecule has 4 rings (SSSR count). The van der Waals surface area contributed by atoms with Crippen LogP contribution in [0.5, 0.6) is 0 Å². The molecule has 1 aliphatic carbocycles. The quantitative estimate of drug-likeness (QED) is 0.890. The Hall–Kier alpha value is -1.40. The number of hydrogen-bond donors (Lipinski definition) is 1. The standard InChI is InChI=1S/C19H30N4O2/c1-3-23-16(13-4-5-13)12-17(21-23)20-19(24)15-8-11-25-18(15)14-6-9-22(2)10-7-14/h12-15,18H,3-11H2,1-2H3,(H,20,21,24)/t15-,18+/m0/s1. The average Bonchev–Trinajstić information content (AvgIpc) is 3.19. The van der Waals surface area contributed by atoms with E-state index in [1.54, 1.807) is 0 Å². The van der Waals surface area contributed by atoms with E-state index in [0.717, 1.165) is 38.9 Å². The number of likely N-dealkylation sites (tertiary alicyclic amines) is 1. The number of piperidine rings is 1. The van der Waals surface area contributed by atoms with Gasteiger partial charge in [-0.25, -0.2) is 0 Å². The van der Waals surface area contributed by atoms with E-state index in [1.165, 1.54) is 18.5 Å². The van der Waals surface area contributed by atoms with Crippen molar-refractivity contribution in [3.63, 3.8) is 0 Å². The molecule has 3 aliphatic rings. The molecule has 0 bridgehead atoms. The summed E-state index contributed by atoms with van der Waals surface area (Å²) in [5, 5.41) is 7.66. The van der Waals surface area contributed by atoms with E-state index < -0.39 is 0 Å². The molecule has 0 aromatic carbocycles. The molecule has 2 aliphatic heterocycles. The number of aryl methyl sites for hydroxylation is 1. The molecule has 1 amide bonds. The van der Waals surface area contributed by atoms with Crippen LogP contribution >= 0.6 is 0 Å². The van der Waals surface area contributed by atoms with Crippen molar-refractivity contribution in [2.45, 2.75) is 57.6 Å². The Morgan fingerprint density at radius 1 is 1.28 bits per heavy atom. The summed E-state index contributed by atoms with van der Waals surface area (Å²) in [5.74, 6) is 1.90. The van der Waals surface area contributed by atoms with E-state index in [9.17, 15) is 4.79 Å². The van der Waals surface area contributed by atoms with Crippen LogP contribution in [-0.2, 0) is 16.1 Å². The monoisotopic (exact) mass is 346 g/mol. The number of anilines is 1. The molecular weight excluding hydrogens is 316 g/mol. The third-order valence-corrected chi connectivity index (χ3v) is 6.06. The van der Waals surface area contributed by atoms with E-state index in [1.807, 2.05) is 4.68 Å². The molecule has 25 heavy (non-hydrogen) atoms. The van der Waals surface area contributed by atoms with Crippen molar-refractivity contribution in [3.05, 3.63) is 11.8 Å². The van der Waals surface area contributed by atoms with Gasteiger partial charge < -0.3 is 15.0 Å². The molecule has 6 nitrogen and oxygen atoms in total. The van der Waals surface area contributed by atoms with E-state index in [0.29, 0.717) is 24.3 Å². The minimum absolute atomic E-state index is 0.0374. The Labute approximate surface area is 149 Å². The van der Waals surface area contributed by atoms with Crippen molar-refractivity contribution in [2.75, 3.05) is 32.1 Å². The van der Waals surface area contributed by atoms with E-state index >= 15 is 0 Å². The summed E-state index contributed by atoms with van der Waals surface area (Å²) in [4.78, 5) is 15.2. The summed E-state index contributed by atoms with van der Waals surface area (Å²) in [7, 11) is 2.16. The maximum Gasteiger partial charge on any atom is 0.231 e. The van der Waals surface area contributed by atoms with Gasteiger partial charge in [0.25, 0.3) is 0 Å². The number of amides is 1. The predicted octanol–water partition coefficient (Wildman–Crippen LogP) is 2.47. The highest BCUT2D eigenvalue weighted by atomic mass is 16.5. The van der Waals surface area contributed by atoms with Crippen LogP contribution in [0.3, 0.4) is 0 Å². The Morgan fingerprint density at radius 3 is 2.72 bits per heavy atom. The third-order valence-electron chi connectivity index (χ3n) is 6.06. The first-order valence-corrected chi connectivity index (χ1v) is 9.84. The molecule has 1 aromatic rings. The molecule has 138 valence electrons. The topological polar surface area (TPSA) is 59.4 Å². The van der Waals surface area contributed by atoms with Crippen LogP contribution in [-0.4, -0.2) is 53.4 Å². The molecule has 0 unspecified atom stereocenters.